The third-order valence-electron chi connectivity index (χ3n) is 2.75. The van der Waals surface area contributed by atoms with Crippen molar-refractivity contribution in [1.82, 2.24) is 5.32 Å². The maximum absolute atomic E-state index is 5.75. The molecule has 3 nitrogen and oxygen atoms in total. The topological polar surface area (TPSA) is 30.5 Å². The molecule has 0 aliphatic heterocycles. The zero-order valence-corrected chi connectivity index (χ0v) is 13.7. The maximum atomic E-state index is 5.75. The summed E-state index contributed by atoms with van der Waals surface area (Å²) in [5.74, 6) is 2.42. The second-order valence-electron chi connectivity index (χ2n) is 5.08. The fourth-order valence-corrected chi connectivity index (χ4v) is 1.65. The van der Waals surface area contributed by atoms with Crippen LogP contribution in [0.1, 0.15) is 33.6 Å². The lowest BCUT2D eigenvalue weighted by atomic mass is 10.1. The standard InChI is InChI=1S/C16H27NO2.ClH/c1-4-12-18-15-7-5-6-8-16(15)19-13-11-17-10-9-14(2)3;/h5-8,14,17H,4,9-13H2,1-3H3;1H. The summed E-state index contributed by atoms with van der Waals surface area (Å²) in [6, 6.07) is 7.86. The molecule has 0 aliphatic carbocycles. The van der Waals surface area contributed by atoms with Gasteiger partial charge in [-0.05, 0) is 37.4 Å². The van der Waals surface area contributed by atoms with Crippen molar-refractivity contribution in [1.29, 1.82) is 0 Å². The van der Waals surface area contributed by atoms with Gasteiger partial charge >= 0.3 is 0 Å². The number of benzene rings is 1. The molecule has 1 aromatic carbocycles. The Kier molecular flexibility index (Phi) is 11.3. The van der Waals surface area contributed by atoms with Gasteiger partial charge in [0.2, 0.25) is 0 Å². The highest BCUT2D eigenvalue weighted by molar-refractivity contribution is 5.85. The molecule has 0 aromatic heterocycles. The van der Waals surface area contributed by atoms with Gasteiger partial charge in [-0.15, -0.1) is 12.4 Å². The van der Waals surface area contributed by atoms with Crippen LogP contribution in [0.2, 0.25) is 0 Å². The van der Waals surface area contributed by atoms with E-state index in [9.17, 15) is 0 Å². The lowest BCUT2D eigenvalue weighted by molar-refractivity contribution is 0.267. The van der Waals surface area contributed by atoms with Gasteiger partial charge in [-0.3, -0.25) is 0 Å². The van der Waals surface area contributed by atoms with E-state index in [2.05, 4.69) is 26.1 Å². The second kappa shape index (κ2) is 11.9. The first-order valence-electron chi connectivity index (χ1n) is 7.29. The van der Waals surface area contributed by atoms with Crippen molar-refractivity contribution in [2.75, 3.05) is 26.3 Å². The number of hydrogen-bond donors (Lipinski definition) is 1. The van der Waals surface area contributed by atoms with E-state index in [0.29, 0.717) is 6.61 Å². The Morgan fingerprint density at radius 2 is 1.60 bits per heavy atom. The molecule has 0 aliphatic rings. The summed E-state index contributed by atoms with van der Waals surface area (Å²) < 4.78 is 11.4. The van der Waals surface area contributed by atoms with Gasteiger partial charge in [0.05, 0.1) is 6.61 Å². The summed E-state index contributed by atoms with van der Waals surface area (Å²) in [6.45, 7) is 9.89. The molecule has 1 N–H and O–H groups in total. The largest absolute Gasteiger partial charge is 0.490 e. The number of para-hydroxylation sites is 2. The van der Waals surface area contributed by atoms with Gasteiger partial charge in [-0.1, -0.05) is 32.9 Å². The molecule has 1 aromatic rings. The van der Waals surface area contributed by atoms with Gasteiger partial charge in [0.25, 0.3) is 0 Å². The summed E-state index contributed by atoms with van der Waals surface area (Å²) in [7, 11) is 0. The number of hydrogen-bond acceptors (Lipinski definition) is 3. The Balaban J connectivity index is 0.00000361. The highest BCUT2D eigenvalue weighted by Crippen LogP contribution is 2.26. The minimum Gasteiger partial charge on any atom is -0.490 e. The van der Waals surface area contributed by atoms with Crippen molar-refractivity contribution in [3.05, 3.63) is 24.3 Å². The molecule has 0 fully saturated rings. The number of rotatable bonds is 10. The Bertz CT molecular complexity index is 345. The first-order valence-corrected chi connectivity index (χ1v) is 7.29. The molecule has 4 heteroatoms. The predicted octanol–water partition coefficient (Wildman–Crippen LogP) is 3.91. The molecular formula is C16H28ClNO2. The van der Waals surface area contributed by atoms with Gasteiger partial charge in [-0.2, -0.15) is 0 Å². The second-order valence-corrected chi connectivity index (χ2v) is 5.08. The number of halogens is 1. The van der Waals surface area contributed by atoms with Crippen LogP contribution in [0.15, 0.2) is 24.3 Å². The fourth-order valence-electron chi connectivity index (χ4n) is 1.65. The SMILES string of the molecule is CCCOc1ccccc1OCCNCCC(C)C.Cl. The summed E-state index contributed by atoms with van der Waals surface area (Å²) in [5, 5.41) is 3.38. The molecule has 0 amide bonds. The van der Waals surface area contributed by atoms with Crippen LogP contribution in [0.25, 0.3) is 0 Å². The smallest absolute Gasteiger partial charge is 0.161 e. The van der Waals surface area contributed by atoms with Gasteiger partial charge in [-0.25, -0.2) is 0 Å². The normalized spacial score (nSPS) is 10.2. The molecule has 0 atom stereocenters. The quantitative estimate of drug-likeness (QED) is 0.665. The monoisotopic (exact) mass is 301 g/mol. The van der Waals surface area contributed by atoms with Crippen LogP contribution < -0.4 is 14.8 Å². The van der Waals surface area contributed by atoms with Gasteiger partial charge in [0.1, 0.15) is 6.61 Å². The van der Waals surface area contributed by atoms with E-state index in [1.807, 2.05) is 24.3 Å². The van der Waals surface area contributed by atoms with Gasteiger partial charge in [0, 0.05) is 6.54 Å². The third-order valence-corrected chi connectivity index (χ3v) is 2.75. The van der Waals surface area contributed by atoms with Crippen LogP contribution in [-0.4, -0.2) is 26.3 Å². The van der Waals surface area contributed by atoms with E-state index in [1.165, 1.54) is 6.42 Å². The minimum absolute atomic E-state index is 0. The molecule has 0 saturated carbocycles. The summed E-state index contributed by atoms with van der Waals surface area (Å²) in [6.07, 6.45) is 2.21. The molecule has 116 valence electrons. The van der Waals surface area contributed by atoms with E-state index in [-0.39, 0.29) is 12.4 Å². The molecule has 0 spiro atoms. The Morgan fingerprint density at radius 1 is 1.00 bits per heavy atom. The van der Waals surface area contributed by atoms with Crippen LogP contribution in [-0.2, 0) is 0 Å². The van der Waals surface area contributed by atoms with E-state index < -0.39 is 0 Å². The molecule has 0 radical (unpaired) electrons. The molecule has 1 rings (SSSR count). The summed E-state index contributed by atoms with van der Waals surface area (Å²) >= 11 is 0. The highest BCUT2D eigenvalue weighted by Gasteiger charge is 2.03. The van der Waals surface area contributed by atoms with E-state index in [0.717, 1.165) is 43.5 Å². The molecule has 0 unspecified atom stereocenters. The van der Waals surface area contributed by atoms with E-state index in [1.54, 1.807) is 0 Å². The average molecular weight is 302 g/mol. The van der Waals surface area contributed by atoms with E-state index in [4.69, 9.17) is 9.47 Å². The van der Waals surface area contributed by atoms with Crippen molar-refractivity contribution in [3.8, 4) is 11.5 Å². The lowest BCUT2D eigenvalue weighted by Crippen LogP contribution is -2.23. The first-order chi connectivity index (χ1) is 9.24. The third kappa shape index (κ3) is 8.28. The van der Waals surface area contributed by atoms with Crippen LogP contribution in [0.5, 0.6) is 11.5 Å². The van der Waals surface area contributed by atoms with Crippen molar-refractivity contribution in [2.45, 2.75) is 33.6 Å². The first kappa shape index (κ1) is 19.1. The minimum atomic E-state index is 0. The molecule has 0 heterocycles. The summed E-state index contributed by atoms with van der Waals surface area (Å²) in [4.78, 5) is 0. The van der Waals surface area contributed by atoms with Gasteiger partial charge < -0.3 is 14.8 Å². The van der Waals surface area contributed by atoms with Crippen molar-refractivity contribution >= 4 is 12.4 Å². The molecule has 0 saturated heterocycles. The molecule has 0 bridgehead atoms. The van der Waals surface area contributed by atoms with Crippen LogP contribution >= 0.6 is 12.4 Å². The summed E-state index contributed by atoms with van der Waals surface area (Å²) in [5.41, 5.74) is 0. The van der Waals surface area contributed by atoms with Crippen LogP contribution in [0, 0.1) is 5.92 Å². The van der Waals surface area contributed by atoms with Crippen molar-refractivity contribution in [2.24, 2.45) is 5.92 Å². The zero-order chi connectivity index (χ0) is 13.9. The Labute approximate surface area is 129 Å². The number of ether oxygens (including phenoxy) is 2. The predicted molar refractivity (Wildman–Crippen MR) is 87.3 cm³/mol. The maximum Gasteiger partial charge on any atom is 0.161 e. The van der Waals surface area contributed by atoms with E-state index >= 15 is 0 Å². The average Bonchev–Trinajstić information content (AvgIpc) is 2.41. The van der Waals surface area contributed by atoms with Gasteiger partial charge in [0.15, 0.2) is 11.5 Å². The molecule has 20 heavy (non-hydrogen) atoms. The van der Waals surface area contributed by atoms with Crippen molar-refractivity contribution in [3.63, 3.8) is 0 Å². The lowest BCUT2D eigenvalue weighted by Gasteiger charge is -2.12. The highest BCUT2D eigenvalue weighted by atomic mass is 35.5. The van der Waals surface area contributed by atoms with Crippen molar-refractivity contribution < 1.29 is 9.47 Å². The fraction of sp³-hybridized carbons (Fsp3) is 0.625. The zero-order valence-electron chi connectivity index (χ0n) is 12.9. The van der Waals surface area contributed by atoms with Crippen LogP contribution in [0.4, 0.5) is 0 Å². The number of nitrogens with one attached hydrogen (secondary N) is 1. The Hall–Kier alpha value is -0.930. The van der Waals surface area contributed by atoms with Crippen LogP contribution in [0.3, 0.4) is 0 Å². The molecular weight excluding hydrogens is 274 g/mol. The Morgan fingerprint density at radius 3 is 2.15 bits per heavy atom.